The standard InChI is InChI=1S/C12H20/c1-11-4-9-3-10(5-11)7-12(2,6-9)8-11/h9-10H,3-8H2,1-2H3/i1D3,2D3. The van der Waals surface area contributed by atoms with E-state index in [1.54, 1.807) is 0 Å². The van der Waals surface area contributed by atoms with Gasteiger partial charge in [0, 0.05) is 8.22 Å². The van der Waals surface area contributed by atoms with Crippen molar-refractivity contribution in [3.05, 3.63) is 0 Å². The molecule has 0 spiro atoms. The molecular formula is C12H20. The molecule has 0 heteroatoms. The van der Waals surface area contributed by atoms with E-state index in [-0.39, 0.29) is 0 Å². The Morgan fingerprint density at radius 1 is 1.00 bits per heavy atom. The van der Waals surface area contributed by atoms with Gasteiger partial charge in [0.25, 0.3) is 0 Å². The molecule has 0 unspecified atom stereocenters. The molecule has 4 saturated carbocycles. The van der Waals surface area contributed by atoms with Crippen LogP contribution in [0.2, 0.25) is 0 Å². The predicted molar refractivity (Wildman–Crippen MR) is 50.9 cm³/mol. The molecule has 0 aromatic heterocycles. The maximum Gasteiger partial charge on any atom is 0.0236 e. The van der Waals surface area contributed by atoms with Gasteiger partial charge < -0.3 is 0 Å². The van der Waals surface area contributed by atoms with E-state index < -0.39 is 24.5 Å². The minimum atomic E-state index is -2.00. The van der Waals surface area contributed by atoms with Crippen molar-refractivity contribution in [3.63, 3.8) is 0 Å². The average Bonchev–Trinajstić information content (AvgIpc) is 2.11. The Morgan fingerprint density at radius 3 is 1.92 bits per heavy atom. The summed E-state index contributed by atoms with van der Waals surface area (Å²) in [6, 6.07) is 0. The smallest absolute Gasteiger partial charge is 0.0236 e. The summed E-state index contributed by atoms with van der Waals surface area (Å²) >= 11 is 0. The molecule has 0 saturated heterocycles. The number of hydrogen-bond donors (Lipinski definition) is 0. The van der Waals surface area contributed by atoms with Crippen molar-refractivity contribution in [2.45, 2.75) is 52.2 Å². The molecule has 4 aliphatic carbocycles. The van der Waals surface area contributed by atoms with Crippen molar-refractivity contribution in [1.82, 2.24) is 0 Å². The highest BCUT2D eigenvalue weighted by atomic mass is 14.6. The predicted octanol–water partition coefficient (Wildman–Crippen LogP) is 3.61. The van der Waals surface area contributed by atoms with Crippen LogP contribution in [0.15, 0.2) is 0 Å². The molecule has 4 fully saturated rings. The third-order valence-electron chi connectivity index (χ3n) is 4.06. The molecule has 4 aliphatic rings. The maximum absolute atomic E-state index is 7.85. The van der Waals surface area contributed by atoms with Crippen LogP contribution >= 0.6 is 0 Å². The molecule has 0 N–H and O–H groups in total. The SMILES string of the molecule is [2H]C([2H])([2H])C12CC3CC(C1)CC(C([2H])([2H])[2H])(C3)C2. The van der Waals surface area contributed by atoms with E-state index in [1.165, 1.54) is 0 Å². The zero-order valence-corrected chi connectivity index (χ0v) is 7.40. The molecule has 0 heterocycles. The van der Waals surface area contributed by atoms with Crippen LogP contribution in [-0.2, 0) is 0 Å². The zero-order valence-electron chi connectivity index (χ0n) is 13.4. The van der Waals surface area contributed by atoms with E-state index in [0.29, 0.717) is 18.3 Å². The molecule has 0 nitrogen and oxygen atoms in total. The maximum atomic E-state index is 7.85. The van der Waals surface area contributed by atoms with Crippen molar-refractivity contribution in [2.75, 3.05) is 0 Å². The van der Waals surface area contributed by atoms with Crippen LogP contribution in [-0.4, -0.2) is 0 Å². The summed E-state index contributed by atoms with van der Waals surface area (Å²) in [4.78, 5) is 0. The van der Waals surface area contributed by atoms with Gasteiger partial charge in [-0.15, -0.1) is 0 Å². The van der Waals surface area contributed by atoms with Gasteiger partial charge in [0.2, 0.25) is 0 Å². The van der Waals surface area contributed by atoms with Gasteiger partial charge in [-0.3, -0.25) is 0 Å². The van der Waals surface area contributed by atoms with E-state index in [9.17, 15) is 0 Å². The van der Waals surface area contributed by atoms with Crippen molar-refractivity contribution < 1.29 is 8.22 Å². The molecule has 0 aromatic carbocycles. The second kappa shape index (κ2) is 1.91. The molecule has 12 heavy (non-hydrogen) atoms. The summed E-state index contributed by atoms with van der Waals surface area (Å²) in [5, 5.41) is 0. The zero-order chi connectivity index (χ0) is 13.4. The van der Waals surface area contributed by atoms with Gasteiger partial charge in [0.05, 0.1) is 0 Å². The van der Waals surface area contributed by atoms with Crippen molar-refractivity contribution in [3.8, 4) is 0 Å². The fourth-order valence-electron chi connectivity index (χ4n) is 4.26. The van der Waals surface area contributed by atoms with Crippen LogP contribution in [0.4, 0.5) is 0 Å². The molecule has 0 aliphatic heterocycles. The van der Waals surface area contributed by atoms with Gasteiger partial charge in [-0.25, -0.2) is 0 Å². The van der Waals surface area contributed by atoms with E-state index in [1.807, 2.05) is 0 Å². The third kappa shape index (κ3) is 0.900. The second-order valence-corrected chi connectivity index (χ2v) is 5.52. The Kier molecular flexibility index (Phi) is 0.578. The van der Waals surface area contributed by atoms with Crippen LogP contribution in [0.3, 0.4) is 0 Å². The molecule has 0 radical (unpaired) electrons. The summed E-state index contributed by atoms with van der Waals surface area (Å²) in [5.74, 6) is 0.652. The van der Waals surface area contributed by atoms with Crippen LogP contribution in [0.1, 0.15) is 60.5 Å². The highest BCUT2D eigenvalue weighted by Crippen LogP contribution is 2.64. The quantitative estimate of drug-likeness (QED) is 0.521. The summed E-state index contributed by atoms with van der Waals surface area (Å²) in [6.07, 6.45) is 4.32. The molecule has 4 bridgehead atoms. The lowest BCUT2D eigenvalue weighted by Gasteiger charge is -2.60. The lowest BCUT2D eigenvalue weighted by atomic mass is 9.45. The van der Waals surface area contributed by atoms with E-state index >= 15 is 0 Å². The van der Waals surface area contributed by atoms with Gasteiger partial charge in [-0.05, 0) is 61.2 Å². The van der Waals surface area contributed by atoms with Crippen LogP contribution in [0, 0.1) is 22.7 Å². The molecule has 0 amide bonds. The largest absolute Gasteiger partial charge is 0.0596 e. The molecule has 0 aromatic rings. The first-order valence-electron chi connectivity index (χ1n) is 8.07. The Hall–Kier alpha value is 0. The highest BCUT2D eigenvalue weighted by Gasteiger charge is 2.53. The summed E-state index contributed by atoms with van der Waals surface area (Å²) in [7, 11) is 0. The molecular weight excluding hydrogens is 144 g/mol. The first kappa shape index (κ1) is 3.63. The van der Waals surface area contributed by atoms with Gasteiger partial charge in [0.1, 0.15) is 0 Å². The molecule has 68 valence electrons. The minimum Gasteiger partial charge on any atom is -0.0596 e. The Bertz CT molecular complexity index is 320. The summed E-state index contributed by atoms with van der Waals surface area (Å²) < 4.78 is 47.1. The summed E-state index contributed by atoms with van der Waals surface area (Å²) in [5.41, 5.74) is -1.41. The van der Waals surface area contributed by atoms with Crippen LogP contribution in [0.25, 0.3) is 0 Å². The first-order valence-corrected chi connectivity index (χ1v) is 5.07. The minimum absolute atomic E-state index is 0.326. The molecule has 0 atom stereocenters. The third-order valence-corrected chi connectivity index (χ3v) is 4.06. The van der Waals surface area contributed by atoms with E-state index in [4.69, 9.17) is 8.22 Å². The fourth-order valence-corrected chi connectivity index (χ4v) is 4.26. The van der Waals surface area contributed by atoms with Gasteiger partial charge in [0.15, 0.2) is 0 Å². The monoisotopic (exact) mass is 170 g/mol. The number of rotatable bonds is 0. The van der Waals surface area contributed by atoms with Crippen molar-refractivity contribution in [2.24, 2.45) is 22.7 Å². The fraction of sp³-hybridized carbons (Fsp3) is 1.00. The van der Waals surface area contributed by atoms with E-state index in [2.05, 4.69) is 0 Å². The van der Waals surface area contributed by atoms with Crippen molar-refractivity contribution in [1.29, 1.82) is 0 Å². The lowest BCUT2D eigenvalue weighted by molar-refractivity contribution is -0.0920. The Labute approximate surface area is 84.2 Å². The number of hydrogen-bond acceptors (Lipinski definition) is 0. The second-order valence-electron chi connectivity index (χ2n) is 5.52. The summed E-state index contributed by atoms with van der Waals surface area (Å²) in [6.45, 7) is -4.00. The van der Waals surface area contributed by atoms with E-state index in [0.717, 1.165) is 32.1 Å². The van der Waals surface area contributed by atoms with Crippen LogP contribution in [0.5, 0.6) is 0 Å². The first-order chi connectivity index (χ1) is 8.07. The van der Waals surface area contributed by atoms with Crippen molar-refractivity contribution >= 4 is 0 Å². The molecule has 4 rings (SSSR count). The average molecular weight is 170 g/mol. The lowest BCUT2D eigenvalue weighted by Crippen LogP contribution is -2.49. The van der Waals surface area contributed by atoms with Gasteiger partial charge >= 0.3 is 0 Å². The Morgan fingerprint density at radius 2 is 1.50 bits per heavy atom. The normalized spacial score (nSPS) is 72.0. The van der Waals surface area contributed by atoms with Crippen LogP contribution < -0.4 is 0 Å². The van der Waals surface area contributed by atoms with Gasteiger partial charge in [-0.2, -0.15) is 0 Å². The Balaban J connectivity index is 2.03. The van der Waals surface area contributed by atoms with Gasteiger partial charge in [-0.1, -0.05) is 13.7 Å². The topological polar surface area (TPSA) is 0 Å². The highest BCUT2D eigenvalue weighted by molar-refractivity contribution is 5.04.